The molecular weight excluding hydrogens is 987 g/mol. The Morgan fingerprint density at radius 3 is 0.950 bits per heavy atom. The molecule has 0 amide bonds. The fourth-order valence-electron chi connectivity index (χ4n) is 12.4. The normalized spacial score (nSPS) is 12.4. The van der Waals surface area contributed by atoms with Crippen LogP contribution in [0.15, 0.2) is 285 Å². The van der Waals surface area contributed by atoms with Gasteiger partial charge in [-0.05, 0) is 138 Å². The number of anilines is 6. The zero-order valence-electron chi connectivity index (χ0n) is 45.0. The predicted molar refractivity (Wildman–Crippen MR) is 342 cm³/mol. The first kappa shape index (κ1) is 48.9. The van der Waals surface area contributed by atoms with Crippen LogP contribution in [0.3, 0.4) is 0 Å². The van der Waals surface area contributed by atoms with Crippen molar-refractivity contribution in [2.24, 2.45) is 0 Å². The Morgan fingerprint density at radius 2 is 0.600 bits per heavy atom. The molecule has 0 bridgehead atoms. The van der Waals surface area contributed by atoms with E-state index < -0.39 is 0 Å². The molecule has 14 rings (SSSR count). The summed E-state index contributed by atoms with van der Waals surface area (Å²) in [5.74, 6) is 0. The molecule has 380 valence electrons. The Balaban J connectivity index is 1.16. The highest BCUT2D eigenvalue weighted by Crippen LogP contribution is 2.55. The highest BCUT2D eigenvalue weighted by molar-refractivity contribution is 7.00. The van der Waals surface area contributed by atoms with Gasteiger partial charge in [0.2, 0.25) is 0 Å². The van der Waals surface area contributed by atoms with Gasteiger partial charge in [0.1, 0.15) is 0 Å². The zero-order chi connectivity index (χ0) is 53.9. The Labute approximate surface area is 475 Å². The van der Waals surface area contributed by atoms with Gasteiger partial charge in [-0.1, -0.05) is 263 Å². The molecule has 12 aromatic carbocycles. The van der Waals surface area contributed by atoms with Crippen LogP contribution in [0, 0.1) is 0 Å². The number of hydrogen-bond donors (Lipinski definition) is 0. The number of halogens is 1. The Kier molecular flexibility index (Phi) is 12.3. The van der Waals surface area contributed by atoms with E-state index in [0.29, 0.717) is 5.02 Å². The highest BCUT2D eigenvalue weighted by atomic mass is 35.5. The van der Waals surface area contributed by atoms with Gasteiger partial charge in [-0.25, -0.2) is 0 Å². The van der Waals surface area contributed by atoms with Crippen LogP contribution in [0.4, 0.5) is 34.1 Å². The minimum atomic E-state index is -0.275. The van der Waals surface area contributed by atoms with E-state index in [0.717, 1.165) is 101 Å². The van der Waals surface area contributed by atoms with Crippen LogP contribution in [-0.4, -0.2) is 6.71 Å². The lowest BCUT2D eigenvalue weighted by molar-refractivity contribution is 0.590. The Bertz CT molecular complexity index is 4140. The lowest BCUT2D eigenvalue weighted by atomic mass is 9.33. The van der Waals surface area contributed by atoms with Gasteiger partial charge >= 0.3 is 0 Å². The van der Waals surface area contributed by atoms with Crippen molar-refractivity contribution in [3.05, 3.63) is 296 Å². The van der Waals surface area contributed by atoms with E-state index in [2.05, 4.69) is 316 Å². The first-order chi connectivity index (χ1) is 39.2. The average Bonchev–Trinajstić information content (AvgIpc) is 3.65. The largest absolute Gasteiger partial charge is 0.310 e. The van der Waals surface area contributed by atoms with Crippen LogP contribution >= 0.6 is 11.6 Å². The summed E-state index contributed by atoms with van der Waals surface area (Å²) in [5, 5.41) is 0.684. The van der Waals surface area contributed by atoms with Crippen molar-refractivity contribution in [3.8, 4) is 77.9 Å². The average molecular weight is 1040 g/mol. The Morgan fingerprint density at radius 1 is 0.287 bits per heavy atom. The molecule has 0 aromatic heterocycles. The molecule has 0 N–H and O–H groups in total. The number of nitrogens with zero attached hydrogens (tertiary/aromatic N) is 2. The maximum Gasteiger partial charge on any atom is 0.252 e. The quantitative estimate of drug-likeness (QED) is 0.133. The summed E-state index contributed by atoms with van der Waals surface area (Å²) in [5.41, 5.74) is 27.3. The topological polar surface area (TPSA) is 6.48 Å². The van der Waals surface area contributed by atoms with Gasteiger partial charge in [0.05, 0.1) is 11.4 Å². The smallest absolute Gasteiger partial charge is 0.252 e. The molecule has 80 heavy (non-hydrogen) atoms. The van der Waals surface area contributed by atoms with Crippen LogP contribution in [-0.2, 0) is 5.41 Å². The first-order valence-corrected chi connectivity index (χ1v) is 28.1. The number of rotatable bonds is 9. The predicted octanol–water partition coefficient (Wildman–Crippen LogP) is 19.4. The summed E-state index contributed by atoms with van der Waals surface area (Å²) < 4.78 is 0. The molecule has 2 aliphatic heterocycles. The summed E-state index contributed by atoms with van der Waals surface area (Å²) in [4.78, 5) is 5.24. The SMILES string of the molecule is CC(C)(C)c1cc2c3c(c1)N(c1c(-c4ccccc4)cc(-c4ccccc4)cc1-c1ccccc1)c1cc(-c4ccccc4)ccc1B3c1ccc(Cl)cc1N2c1c(-c2ccccc2)cc(-c2ccccc2)cc1-c1ccccc1. The van der Waals surface area contributed by atoms with Gasteiger partial charge < -0.3 is 9.80 Å². The standard InChI is InChI=1S/C76H56BClN2/c1-76(2,3)61-48-71-73-72(49-61)80(75-65(56-35-21-9-22-36-56)45-60(53-29-15-6-16-30-53)46-66(75)57-37-23-10-24-38-57)70-50-62(78)40-42-68(70)77(73)67-41-39-58(51-25-11-4-12-26-51)47-69(67)79(71)74-63(54-31-17-7-18-32-54)43-59(52-27-13-5-14-28-52)44-64(74)55-33-19-8-20-34-55/h4-50H,1-3H3. The van der Waals surface area contributed by atoms with Crippen molar-refractivity contribution in [3.63, 3.8) is 0 Å². The van der Waals surface area contributed by atoms with Gasteiger partial charge in [-0.15, -0.1) is 0 Å². The van der Waals surface area contributed by atoms with E-state index in [-0.39, 0.29) is 12.1 Å². The van der Waals surface area contributed by atoms with Crippen molar-refractivity contribution in [1.82, 2.24) is 0 Å². The second kappa shape index (κ2) is 20.1. The third kappa shape index (κ3) is 8.63. The van der Waals surface area contributed by atoms with E-state index >= 15 is 0 Å². The lowest BCUT2D eigenvalue weighted by Gasteiger charge is -2.46. The van der Waals surface area contributed by atoms with Crippen LogP contribution in [0.2, 0.25) is 5.02 Å². The van der Waals surface area contributed by atoms with Crippen LogP contribution < -0.4 is 26.2 Å². The Hall–Kier alpha value is -9.41. The summed E-state index contributed by atoms with van der Waals surface area (Å²) in [6, 6.07) is 105. The molecule has 0 aliphatic carbocycles. The minimum absolute atomic E-state index is 0.165. The van der Waals surface area contributed by atoms with Crippen LogP contribution in [0.1, 0.15) is 26.3 Å². The van der Waals surface area contributed by atoms with Gasteiger partial charge in [-0.2, -0.15) is 0 Å². The van der Waals surface area contributed by atoms with Crippen LogP contribution in [0.5, 0.6) is 0 Å². The third-order valence-electron chi connectivity index (χ3n) is 16.2. The van der Waals surface area contributed by atoms with E-state index in [1.165, 1.54) is 33.1 Å². The van der Waals surface area contributed by atoms with E-state index in [1.807, 2.05) is 0 Å². The summed E-state index contributed by atoms with van der Waals surface area (Å²) in [7, 11) is 0. The monoisotopic (exact) mass is 1040 g/mol. The molecule has 2 nitrogen and oxygen atoms in total. The van der Waals surface area contributed by atoms with E-state index in [1.54, 1.807) is 0 Å². The summed E-state index contributed by atoms with van der Waals surface area (Å²) in [6.45, 7) is 6.89. The van der Waals surface area contributed by atoms with Crippen molar-refractivity contribution in [1.29, 1.82) is 0 Å². The van der Waals surface area contributed by atoms with E-state index in [4.69, 9.17) is 11.6 Å². The molecule has 0 radical (unpaired) electrons. The molecule has 0 atom stereocenters. The molecule has 0 fully saturated rings. The van der Waals surface area contributed by atoms with Gasteiger partial charge in [0.25, 0.3) is 6.71 Å². The second-order valence-corrected chi connectivity index (χ2v) is 22.6. The maximum absolute atomic E-state index is 7.38. The minimum Gasteiger partial charge on any atom is -0.310 e. The van der Waals surface area contributed by atoms with Crippen LogP contribution in [0.25, 0.3) is 77.9 Å². The summed E-state index contributed by atoms with van der Waals surface area (Å²) in [6.07, 6.45) is 0. The molecule has 12 aromatic rings. The van der Waals surface area contributed by atoms with Gasteiger partial charge in [0.15, 0.2) is 0 Å². The van der Waals surface area contributed by atoms with E-state index in [9.17, 15) is 0 Å². The highest BCUT2D eigenvalue weighted by Gasteiger charge is 2.46. The van der Waals surface area contributed by atoms with Crippen molar-refractivity contribution >= 4 is 68.8 Å². The van der Waals surface area contributed by atoms with Gasteiger partial charge in [0, 0.05) is 50.0 Å². The summed E-state index contributed by atoms with van der Waals surface area (Å²) >= 11 is 7.38. The fourth-order valence-corrected chi connectivity index (χ4v) is 12.6. The number of hydrogen-bond acceptors (Lipinski definition) is 2. The molecular formula is C76H56BClN2. The lowest BCUT2D eigenvalue weighted by Crippen LogP contribution is -2.61. The zero-order valence-corrected chi connectivity index (χ0v) is 45.7. The second-order valence-electron chi connectivity index (χ2n) is 22.2. The molecule has 4 heteroatoms. The maximum atomic E-state index is 7.38. The number of fused-ring (bicyclic) bond motifs is 4. The first-order valence-electron chi connectivity index (χ1n) is 27.7. The molecule has 0 saturated carbocycles. The molecule has 2 heterocycles. The van der Waals surface area contributed by atoms with Crippen molar-refractivity contribution in [2.75, 3.05) is 9.80 Å². The fraction of sp³-hybridized carbons (Fsp3) is 0.0526. The van der Waals surface area contributed by atoms with Gasteiger partial charge in [-0.3, -0.25) is 0 Å². The van der Waals surface area contributed by atoms with Crippen molar-refractivity contribution in [2.45, 2.75) is 26.2 Å². The molecule has 0 saturated heterocycles. The molecule has 2 aliphatic rings. The van der Waals surface area contributed by atoms with Crippen molar-refractivity contribution < 1.29 is 0 Å². The third-order valence-corrected chi connectivity index (χ3v) is 16.5. The number of benzene rings is 12. The molecule has 0 unspecified atom stereocenters. The molecule has 0 spiro atoms.